The number of thioether (sulfide) groups is 1. The molecule has 0 bridgehead atoms. The molecule has 1 aromatic heterocycles. The Morgan fingerprint density at radius 1 is 1.12 bits per heavy atom. The van der Waals surface area contributed by atoms with Gasteiger partial charge in [-0.2, -0.15) is 0 Å². The molecule has 0 fully saturated rings. The maximum absolute atomic E-state index is 12.3. The van der Waals surface area contributed by atoms with Crippen molar-refractivity contribution in [3.63, 3.8) is 0 Å². The predicted octanol–water partition coefficient (Wildman–Crippen LogP) is 5.39. The third-order valence-corrected chi connectivity index (χ3v) is 5.61. The molecule has 0 aliphatic carbocycles. The van der Waals surface area contributed by atoms with Crippen molar-refractivity contribution in [3.05, 3.63) is 69.7 Å². The van der Waals surface area contributed by atoms with Crippen molar-refractivity contribution in [1.82, 2.24) is 10.2 Å². The van der Waals surface area contributed by atoms with Crippen LogP contribution in [0.2, 0.25) is 10.0 Å². The smallest absolute Gasteiger partial charge is 0.259 e. The highest BCUT2D eigenvalue weighted by atomic mass is 35.5. The average Bonchev–Trinajstić information content (AvgIpc) is 3.03. The molecule has 24 heavy (non-hydrogen) atoms. The van der Waals surface area contributed by atoms with E-state index in [1.807, 2.05) is 18.2 Å². The summed E-state index contributed by atoms with van der Waals surface area (Å²) in [5, 5.41) is 12.0. The molecule has 3 aromatic rings. The number of hydrogen-bond acceptors (Lipinski definition) is 5. The van der Waals surface area contributed by atoms with Gasteiger partial charge < -0.3 is 0 Å². The summed E-state index contributed by atoms with van der Waals surface area (Å²) in [7, 11) is 0. The van der Waals surface area contributed by atoms with Crippen molar-refractivity contribution in [2.24, 2.45) is 0 Å². The van der Waals surface area contributed by atoms with Crippen LogP contribution in [0.1, 0.15) is 15.9 Å². The number of amides is 1. The van der Waals surface area contributed by atoms with E-state index in [-0.39, 0.29) is 5.91 Å². The number of nitrogens with one attached hydrogen (secondary N) is 1. The van der Waals surface area contributed by atoms with Gasteiger partial charge in [-0.05, 0) is 23.8 Å². The summed E-state index contributed by atoms with van der Waals surface area (Å²) < 4.78 is 0.784. The van der Waals surface area contributed by atoms with Crippen LogP contribution < -0.4 is 5.32 Å². The van der Waals surface area contributed by atoms with E-state index in [0.29, 0.717) is 20.7 Å². The molecule has 0 unspecified atom stereocenters. The van der Waals surface area contributed by atoms with Crippen molar-refractivity contribution < 1.29 is 4.79 Å². The topological polar surface area (TPSA) is 54.9 Å². The van der Waals surface area contributed by atoms with E-state index in [1.165, 1.54) is 23.0 Å². The molecular formula is C16H11Cl2N3OS2. The van der Waals surface area contributed by atoms with E-state index < -0.39 is 0 Å². The molecule has 1 heterocycles. The van der Waals surface area contributed by atoms with Gasteiger partial charge in [0.1, 0.15) is 0 Å². The highest BCUT2D eigenvalue weighted by Crippen LogP contribution is 2.29. The molecule has 0 spiro atoms. The molecule has 0 saturated heterocycles. The van der Waals surface area contributed by atoms with Crippen LogP contribution in [0.5, 0.6) is 0 Å². The van der Waals surface area contributed by atoms with Gasteiger partial charge in [0.15, 0.2) is 4.34 Å². The second kappa shape index (κ2) is 7.98. The fourth-order valence-electron chi connectivity index (χ4n) is 1.87. The summed E-state index contributed by atoms with van der Waals surface area (Å²) in [6.45, 7) is 0. The molecule has 1 amide bonds. The van der Waals surface area contributed by atoms with Crippen LogP contribution in [-0.2, 0) is 5.75 Å². The van der Waals surface area contributed by atoms with Crippen LogP contribution in [0.15, 0.2) is 52.9 Å². The van der Waals surface area contributed by atoms with Gasteiger partial charge >= 0.3 is 0 Å². The lowest BCUT2D eigenvalue weighted by molar-refractivity contribution is 0.102. The van der Waals surface area contributed by atoms with Gasteiger partial charge in [-0.1, -0.05) is 76.6 Å². The van der Waals surface area contributed by atoms with Crippen LogP contribution in [0.3, 0.4) is 0 Å². The largest absolute Gasteiger partial charge is 0.296 e. The summed E-state index contributed by atoms with van der Waals surface area (Å²) in [5.41, 5.74) is 1.51. The summed E-state index contributed by atoms with van der Waals surface area (Å²) in [5.74, 6) is 0.432. The third-order valence-electron chi connectivity index (χ3n) is 3.01. The molecule has 3 rings (SSSR count). The van der Waals surface area contributed by atoms with E-state index in [1.54, 1.807) is 23.9 Å². The van der Waals surface area contributed by atoms with Crippen LogP contribution >= 0.6 is 46.3 Å². The van der Waals surface area contributed by atoms with Gasteiger partial charge in [0, 0.05) is 10.8 Å². The Kier molecular flexibility index (Phi) is 5.73. The Hall–Kier alpha value is -1.60. The second-order valence-electron chi connectivity index (χ2n) is 4.73. The lowest BCUT2D eigenvalue weighted by atomic mass is 10.2. The molecule has 4 nitrogen and oxygen atoms in total. The summed E-state index contributed by atoms with van der Waals surface area (Å²) in [6.07, 6.45) is 0. The van der Waals surface area contributed by atoms with Crippen LogP contribution in [0.25, 0.3) is 0 Å². The zero-order chi connectivity index (χ0) is 16.9. The molecule has 0 aliphatic heterocycles. The fourth-order valence-corrected chi connectivity index (χ4v) is 3.95. The number of anilines is 1. The number of benzene rings is 2. The van der Waals surface area contributed by atoms with Crippen molar-refractivity contribution >= 4 is 57.3 Å². The highest BCUT2D eigenvalue weighted by Gasteiger charge is 2.14. The van der Waals surface area contributed by atoms with E-state index in [4.69, 9.17) is 23.2 Å². The highest BCUT2D eigenvalue weighted by molar-refractivity contribution is 8.00. The lowest BCUT2D eigenvalue weighted by Crippen LogP contribution is -2.12. The fraction of sp³-hybridized carbons (Fsp3) is 0.0625. The molecule has 122 valence electrons. The van der Waals surface area contributed by atoms with Gasteiger partial charge in [-0.25, -0.2) is 0 Å². The van der Waals surface area contributed by atoms with Crippen LogP contribution in [0.4, 0.5) is 5.13 Å². The number of halogens is 2. The summed E-state index contributed by atoms with van der Waals surface area (Å²) in [6, 6.07) is 14.8. The number of rotatable bonds is 5. The first-order valence-electron chi connectivity index (χ1n) is 6.88. The first-order chi connectivity index (χ1) is 11.6. The van der Waals surface area contributed by atoms with E-state index in [9.17, 15) is 4.79 Å². The number of hydrogen-bond donors (Lipinski definition) is 1. The van der Waals surface area contributed by atoms with Gasteiger partial charge in [-0.3, -0.25) is 10.1 Å². The molecule has 1 N–H and O–H groups in total. The minimum atomic E-state index is -0.363. The monoisotopic (exact) mass is 395 g/mol. The number of carbonyl (C=O) groups excluding carboxylic acids is 1. The molecule has 8 heteroatoms. The first kappa shape index (κ1) is 17.2. The minimum Gasteiger partial charge on any atom is -0.296 e. The Balaban J connectivity index is 1.63. The normalized spacial score (nSPS) is 10.6. The Bertz CT molecular complexity index is 856. The Morgan fingerprint density at radius 3 is 2.71 bits per heavy atom. The Morgan fingerprint density at radius 2 is 1.92 bits per heavy atom. The number of aromatic nitrogens is 2. The van der Waals surface area contributed by atoms with Gasteiger partial charge in [0.25, 0.3) is 5.91 Å². The summed E-state index contributed by atoms with van der Waals surface area (Å²) in [4.78, 5) is 12.3. The molecule has 2 aromatic carbocycles. The molecule has 0 atom stereocenters. The maximum atomic E-state index is 12.3. The molecule has 0 saturated carbocycles. The Labute approximate surface area is 157 Å². The van der Waals surface area contributed by atoms with Gasteiger partial charge in [0.2, 0.25) is 5.13 Å². The maximum Gasteiger partial charge on any atom is 0.259 e. The van der Waals surface area contributed by atoms with Crippen LogP contribution in [0, 0.1) is 0 Å². The second-order valence-corrected chi connectivity index (χ2v) is 7.77. The minimum absolute atomic E-state index is 0.304. The van der Waals surface area contributed by atoms with E-state index in [0.717, 1.165) is 10.1 Å². The van der Waals surface area contributed by atoms with E-state index in [2.05, 4.69) is 27.6 Å². The number of nitrogens with zero attached hydrogens (tertiary/aromatic N) is 2. The third kappa shape index (κ3) is 4.48. The standard InChI is InChI=1S/C16H11Cl2N3OS2/c17-11-6-7-13(18)12(8-11)14(22)19-15-20-21-16(24-15)23-9-10-4-2-1-3-5-10/h1-8H,9H2,(H,19,20,22). The zero-order valence-electron chi connectivity index (χ0n) is 12.2. The predicted molar refractivity (Wildman–Crippen MR) is 100 cm³/mol. The summed E-state index contributed by atoms with van der Waals surface area (Å²) >= 11 is 14.8. The van der Waals surface area contributed by atoms with Crippen molar-refractivity contribution in [2.75, 3.05) is 5.32 Å². The van der Waals surface area contributed by atoms with Gasteiger partial charge in [0.05, 0.1) is 10.6 Å². The molecule has 0 radical (unpaired) electrons. The van der Waals surface area contributed by atoms with Crippen molar-refractivity contribution in [2.45, 2.75) is 10.1 Å². The molecular weight excluding hydrogens is 385 g/mol. The quantitative estimate of drug-likeness (QED) is 0.464. The SMILES string of the molecule is O=C(Nc1nnc(SCc2ccccc2)s1)c1cc(Cl)ccc1Cl. The average molecular weight is 396 g/mol. The lowest BCUT2D eigenvalue weighted by Gasteiger charge is -2.03. The molecule has 0 aliphatic rings. The van der Waals surface area contributed by atoms with Crippen LogP contribution in [-0.4, -0.2) is 16.1 Å². The zero-order valence-corrected chi connectivity index (χ0v) is 15.3. The van der Waals surface area contributed by atoms with Crippen molar-refractivity contribution in [3.8, 4) is 0 Å². The van der Waals surface area contributed by atoms with Crippen molar-refractivity contribution in [1.29, 1.82) is 0 Å². The number of carbonyl (C=O) groups is 1. The van der Waals surface area contributed by atoms with Gasteiger partial charge in [-0.15, -0.1) is 10.2 Å². The first-order valence-corrected chi connectivity index (χ1v) is 9.44. The van der Waals surface area contributed by atoms with E-state index >= 15 is 0 Å².